The second-order valence-electron chi connectivity index (χ2n) is 16.6. The van der Waals surface area contributed by atoms with Gasteiger partial charge < -0.3 is 50.4 Å². The van der Waals surface area contributed by atoms with Gasteiger partial charge in [0.15, 0.2) is 5.54 Å². The quantitative estimate of drug-likeness (QED) is 0.00987. The Morgan fingerprint density at radius 3 is 1.56 bits per heavy atom. The standard InChI is InChI=1S/C31H37N3O9.C24H27N3O5/c1-5-24(28(37)38)31(6-2,30(40)41)34(17-16-25(35)42-7-3)27(36)19(4)18-20-8-10-22(11-9-20)29(39)43-23-14-12-21(13-15-23)26(32)33;1-3-15-27(16-22(29)31-4-2)21(28)14-7-17-5-8-19(9-6-17)24(30)32-20-12-10-18(11-13-20)23(25)26/h8-15,18,24H,5-7,16-17H2,1-4H3,(H3,32,33)(H,37,38)(H,40,41);3,5-6,8-13H,1,4,7,14-16H2,2H3,(H3,25,26)/b19-18+;/t24?,31-;/m0./s1. The fraction of sp³-hybridized carbons (Fsp3) is 0.309. The van der Waals surface area contributed by atoms with E-state index >= 15 is 0 Å². The maximum absolute atomic E-state index is 13.8. The average Bonchev–Trinajstić information content (AvgIpc) is 3.38. The van der Waals surface area contributed by atoms with Crippen molar-refractivity contribution in [2.45, 2.75) is 72.3 Å². The predicted molar refractivity (Wildman–Crippen MR) is 278 cm³/mol. The van der Waals surface area contributed by atoms with E-state index in [1.165, 1.54) is 56.0 Å². The number of carboxylic acids is 2. The smallest absolute Gasteiger partial charge is 0.343 e. The van der Waals surface area contributed by atoms with Crippen LogP contribution in [0.2, 0.25) is 0 Å². The van der Waals surface area contributed by atoms with Crippen molar-refractivity contribution in [3.8, 4) is 11.5 Å². The summed E-state index contributed by atoms with van der Waals surface area (Å²) in [7, 11) is 0. The van der Waals surface area contributed by atoms with Gasteiger partial charge in [0, 0.05) is 36.2 Å². The molecule has 8 N–H and O–H groups in total. The van der Waals surface area contributed by atoms with E-state index in [2.05, 4.69) is 6.58 Å². The van der Waals surface area contributed by atoms with Gasteiger partial charge in [-0.1, -0.05) is 44.2 Å². The molecule has 0 radical (unpaired) electrons. The molecule has 0 aliphatic rings. The van der Waals surface area contributed by atoms with E-state index in [4.69, 9.17) is 41.2 Å². The summed E-state index contributed by atoms with van der Waals surface area (Å²) < 4.78 is 20.5. The first-order chi connectivity index (χ1) is 35.6. The van der Waals surface area contributed by atoms with Crippen LogP contribution in [-0.2, 0) is 44.7 Å². The minimum Gasteiger partial charge on any atom is -0.481 e. The van der Waals surface area contributed by atoms with Gasteiger partial charge in [0.2, 0.25) is 5.91 Å². The molecule has 0 spiro atoms. The minimum absolute atomic E-state index is 0.0644. The number of rotatable bonds is 26. The number of nitrogen functional groups attached to an aromatic ring is 2. The Labute approximate surface area is 434 Å². The van der Waals surface area contributed by atoms with Gasteiger partial charge in [-0.15, -0.1) is 6.58 Å². The molecule has 0 heterocycles. The summed E-state index contributed by atoms with van der Waals surface area (Å²) >= 11 is 0. The first-order valence-electron chi connectivity index (χ1n) is 23.8. The number of carbonyl (C=O) groups is 8. The van der Waals surface area contributed by atoms with Crippen molar-refractivity contribution in [2.75, 3.05) is 32.8 Å². The van der Waals surface area contributed by atoms with Crippen molar-refractivity contribution in [3.05, 3.63) is 149 Å². The van der Waals surface area contributed by atoms with Crippen molar-refractivity contribution in [2.24, 2.45) is 17.4 Å². The van der Waals surface area contributed by atoms with Gasteiger partial charge in [-0.05, 0) is 130 Å². The number of nitrogens with two attached hydrogens (primary N) is 2. The zero-order chi connectivity index (χ0) is 55.8. The molecule has 2 atom stereocenters. The molecular weight excluding hydrogens is 969 g/mol. The fourth-order valence-electron chi connectivity index (χ4n) is 7.64. The van der Waals surface area contributed by atoms with Crippen LogP contribution in [0.1, 0.15) is 103 Å². The minimum atomic E-state index is -2.13. The van der Waals surface area contributed by atoms with Gasteiger partial charge in [-0.3, -0.25) is 34.8 Å². The predicted octanol–water partition coefficient (Wildman–Crippen LogP) is 6.42. The van der Waals surface area contributed by atoms with Crippen LogP contribution in [0.15, 0.2) is 115 Å². The number of hydrogen-bond donors (Lipinski definition) is 6. The maximum Gasteiger partial charge on any atom is 0.343 e. The Morgan fingerprint density at radius 2 is 1.15 bits per heavy atom. The summed E-state index contributed by atoms with van der Waals surface area (Å²) in [5.74, 6) is -7.11. The van der Waals surface area contributed by atoms with Crippen LogP contribution >= 0.6 is 0 Å². The van der Waals surface area contributed by atoms with Crippen LogP contribution in [0.3, 0.4) is 0 Å². The number of amidine groups is 2. The number of nitrogens with zero attached hydrogens (tertiary/aromatic N) is 2. The van der Waals surface area contributed by atoms with Crippen LogP contribution in [0.5, 0.6) is 11.5 Å². The van der Waals surface area contributed by atoms with Gasteiger partial charge in [0.1, 0.15) is 29.7 Å². The number of carboxylic acid groups (broad SMARTS) is 2. The first kappa shape index (κ1) is 60.4. The Hall–Kier alpha value is -8.94. The Balaban J connectivity index is 0.000000412. The molecule has 0 fully saturated rings. The lowest BCUT2D eigenvalue weighted by atomic mass is 9.77. The summed E-state index contributed by atoms with van der Waals surface area (Å²) in [6.07, 6.45) is 3.08. The molecule has 398 valence electrons. The summed E-state index contributed by atoms with van der Waals surface area (Å²) in [4.78, 5) is 102. The highest BCUT2D eigenvalue weighted by molar-refractivity contribution is 6.02. The highest BCUT2D eigenvalue weighted by atomic mass is 16.5. The molecule has 20 nitrogen and oxygen atoms in total. The summed E-state index contributed by atoms with van der Waals surface area (Å²) in [6.45, 7) is 11.5. The molecule has 0 aliphatic carbocycles. The van der Waals surface area contributed by atoms with Crippen LogP contribution in [0.4, 0.5) is 0 Å². The molecule has 4 aromatic rings. The number of esters is 4. The summed E-state index contributed by atoms with van der Waals surface area (Å²) in [6, 6.07) is 25.3. The third kappa shape index (κ3) is 17.7. The Bertz CT molecular complexity index is 2720. The van der Waals surface area contributed by atoms with Crippen LogP contribution in [-0.4, -0.2) is 118 Å². The Kier molecular flexibility index (Phi) is 23.8. The van der Waals surface area contributed by atoms with E-state index in [-0.39, 0.29) is 93.0 Å². The number of aryl methyl sites for hydroxylation is 1. The highest BCUT2D eigenvalue weighted by Gasteiger charge is 2.54. The SMILES string of the molecule is C=CCN(CC(=O)OCC)C(=O)CCc1ccc(C(=O)Oc2ccc(C(=N)N)cc2)cc1.CCOC(=O)CCN(C(=O)/C(C)=C/c1ccc(C(=O)Oc2ccc(C(=N)N)cc2)cc1)[C@](CC)(C(=O)O)C(CC)C(=O)O. The normalized spacial score (nSPS) is 11.9. The van der Waals surface area contributed by atoms with Gasteiger partial charge in [0.25, 0.3) is 5.91 Å². The first-order valence-corrected chi connectivity index (χ1v) is 23.8. The number of aliphatic carboxylic acids is 2. The lowest BCUT2D eigenvalue weighted by Crippen LogP contribution is -2.63. The Morgan fingerprint density at radius 1 is 0.680 bits per heavy atom. The van der Waals surface area contributed by atoms with Gasteiger partial charge in [-0.25, -0.2) is 14.4 Å². The zero-order valence-corrected chi connectivity index (χ0v) is 42.6. The van der Waals surface area contributed by atoms with E-state index in [0.29, 0.717) is 34.4 Å². The number of nitrogens with one attached hydrogen (secondary N) is 2. The maximum atomic E-state index is 13.8. The van der Waals surface area contributed by atoms with E-state index in [1.807, 2.05) is 0 Å². The van der Waals surface area contributed by atoms with Crippen LogP contribution in [0, 0.1) is 16.7 Å². The molecule has 0 saturated heterocycles. The largest absolute Gasteiger partial charge is 0.481 e. The zero-order valence-electron chi connectivity index (χ0n) is 42.6. The van der Waals surface area contributed by atoms with Gasteiger partial charge >= 0.3 is 35.8 Å². The number of benzene rings is 4. The number of ether oxygens (including phenoxy) is 4. The topological polar surface area (TPSA) is 320 Å². The van der Waals surface area contributed by atoms with E-state index in [0.717, 1.165) is 10.5 Å². The van der Waals surface area contributed by atoms with Crippen molar-refractivity contribution < 1.29 is 67.5 Å². The van der Waals surface area contributed by atoms with Gasteiger partial charge in [-0.2, -0.15) is 0 Å². The number of hydrogen-bond acceptors (Lipinski definition) is 14. The summed E-state index contributed by atoms with van der Waals surface area (Å²) in [5, 5.41) is 35.0. The lowest BCUT2D eigenvalue weighted by Gasteiger charge is -2.43. The average molecular weight is 1030 g/mol. The molecule has 0 saturated carbocycles. The summed E-state index contributed by atoms with van der Waals surface area (Å²) in [5.41, 5.74) is 11.8. The molecule has 0 aliphatic heterocycles. The number of carbonyl (C=O) groups excluding carboxylic acids is 6. The molecule has 75 heavy (non-hydrogen) atoms. The van der Waals surface area contributed by atoms with E-state index in [1.54, 1.807) is 92.7 Å². The molecule has 1 unspecified atom stereocenters. The van der Waals surface area contributed by atoms with E-state index in [9.17, 15) is 48.6 Å². The van der Waals surface area contributed by atoms with Gasteiger partial charge in [0.05, 0.1) is 36.7 Å². The van der Waals surface area contributed by atoms with Crippen LogP contribution in [0.25, 0.3) is 6.08 Å². The number of amides is 2. The third-order valence-electron chi connectivity index (χ3n) is 11.5. The van der Waals surface area contributed by atoms with Crippen molar-refractivity contribution in [3.63, 3.8) is 0 Å². The van der Waals surface area contributed by atoms with Crippen molar-refractivity contribution in [1.29, 1.82) is 10.8 Å². The van der Waals surface area contributed by atoms with E-state index < -0.39 is 53.2 Å². The molecular formula is C55H64N6O14. The third-order valence-corrected chi connectivity index (χ3v) is 11.5. The molecule has 4 aromatic carbocycles. The second kappa shape index (κ2) is 29.5. The molecule has 20 heteroatoms. The lowest BCUT2D eigenvalue weighted by molar-refractivity contribution is -0.171. The van der Waals surface area contributed by atoms with Crippen molar-refractivity contribution >= 4 is 65.4 Å². The molecule has 2 amide bonds. The molecule has 0 bridgehead atoms. The monoisotopic (exact) mass is 1030 g/mol. The molecule has 4 rings (SSSR count). The second-order valence-corrected chi connectivity index (χ2v) is 16.6. The fourth-order valence-corrected chi connectivity index (χ4v) is 7.64. The van der Waals surface area contributed by atoms with Crippen LogP contribution < -0.4 is 20.9 Å². The highest BCUT2D eigenvalue weighted by Crippen LogP contribution is 2.34. The van der Waals surface area contributed by atoms with Crippen molar-refractivity contribution in [1.82, 2.24) is 9.80 Å². The molecule has 0 aromatic heterocycles.